The molecule has 1 aromatic rings. The van der Waals surface area contributed by atoms with E-state index in [1.165, 1.54) is 5.56 Å². The van der Waals surface area contributed by atoms with Gasteiger partial charge >= 0.3 is 0 Å². The molecule has 0 heterocycles. The Morgan fingerprint density at radius 2 is 1.77 bits per heavy atom. The molecule has 0 radical (unpaired) electrons. The zero-order chi connectivity index (χ0) is 9.68. The molecule has 0 atom stereocenters. The fourth-order valence-corrected chi connectivity index (χ4v) is 1.22. The SMILES string of the molecule is CCOc1ccc(CN(C)C)cc1. The van der Waals surface area contributed by atoms with Crippen LogP contribution in [0.15, 0.2) is 24.3 Å². The van der Waals surface area contributed by atoms with Crippen molar-refractivity contribution in [3.8, 4) is 5.75 Å². The molecule has 0 fully saturated rings. The van der Waals surface area contributed by atoms with Crippen LogP contribution in [0.5, 0.6) is 5.75 Å². The molecule has 13 heavy (non-hydrogen) atoms. The first kappa shape index (κ1) is 10.1. The van der Waals surface area contributed by atoms with Crippen molar-refractivity contribution in [2.24, 2.45) is 0 Å². The Balaban J connectivity index is 2.59. The van der Waals surface area contributed by atoms with Crippen molar-refractivity contribution in [2.45, 2.75) is 13.5 Å². The average molecular weight is 179 g/mol. The second kappa shape index (κ2) is 4.87. The summed E-state index contributed by atoms with van der Waals surface area (Å²) in [4.78, 5) is 2.15. The molecule has 0 bridgehead atoms. The lowest BCUT2D eigenvalue weighted by atomic mass is 10.2. The van der Waals surface area contributed by atoms with Gasteiger partial charge in [-0.1, -0.05) is 12.1 Å². The van der Waals surface area contributed by atoms with Crippen LogP contribution < -0.4 is 4.74 Å². The van der Waals surface area contributed by atoms with E-state index in [1.807, 2.05) is 19.1 Å². The lowest BCUT2D eigenvalue weighted by Crippen LogP contribution is -2.10. The summed E-state index contributed by atoms with van der Waals surface area (Å²) in [6, 6.07) is 8.24. The van der Waals surface area contributed by atoms with Gasteiger partial charge in [-0.3, -0.25) is 0 Å². The molecule has 0 aromatic heterocycles. The van der Waals surface area contributed by atoms with Crippen LogP contribution in [0.4, 0.5) is 0 Å². The number of ether oxygens (including phenoxy) is 1. The van der Waals surface area contributed by atoms with Crippen LogP contribution in [-0.2, 0) is 6.54 Å². The number of rotatable bonds is 4. The minimum absolute atomic E-state index is 0.729. The molecular weight excluding hydrogens is 162 g/mol. The molecule has 0 aliphatic carbocycles. The zero-order valence-electron chi connectivity index (χ0n) is 8.58. The number of nitrogens with zero attached hydrogens (tertiary/aromatic N) is 1. The Bertz CT molecular complexity index is 241. The largest absolute Gasteiger partial charge is 0.494 e. The molecule has 0 aliphatic rings. The Morgan fingerprint density at radius 3 is 2.23 bits per heavy atom. The molecule has 72 valence electrons. The van der Waals surface area contributed by atoms with Gasteiger partial charge in [-0.2, -0.15) is 0 Å². The summed E-state index contributed by atoms with van der Waals surface area (Å²) >= 11 is 0. The van der Waals surface area contributed by atoms with E-state index < -0.39 is 0 Å². The third kappa shape index (κ3) is 3.47. The molecule has 0 saturated heterocycles. The third-order valence-electron chi connectivity index (χ3n) is 1.73. The highest BCUT2D eigenvalue weighted by Gasteiger charge is 1.95. The molecular formula is C11H17NO. The Morgan fingerprint density at radius 1 is 1.15 bits per heavy atom. The van der Waals surface area contributed by atoms with Crippen molar-refractivity contribution in [3.05, 3.63) is 29.8 Å². The van der Waals surface area contributed by atoms with E-state index in [2.05, 4.69) is 31.1 Å². The topological polar surface area (TPSA) is 12.5 Å². The second-order valence-corrected chi connectivity index (χ2v) is 3.31. The molecule has 0 N–H and O–H groups in total. The molecule has 2 heteroatoms. The molecule has 0 unspecified atom stereocenters. The van der Waals surface area contributed by atoms with Gasteiger partial charge in [0.15, 0.2) is 0 Å². The van der Waals surface area contributed by atoms with Crippen molar-refractivity contribution in [3.63, 3.8) is 0 Å². The first-order chi connectivity index (χ1) is 6.22. The second-order valence-electron chi connectivity index (χ2n) is 3.31. The van der Waals surface area contributed by atoms with E-state index in [0.29, 0.717) is 0 Å². The Labute approximate surface area is 80.1 Å². The van der Waals surface area contributed by atoms with Crippen LogP contribution in [0, 0.1) is 0 Å². The van der Waals surface area contributed by atoms with Crippen LogP contribution in [0.3, 0.4) is 0 Å². The third-order valence-corrected chi connectivity index (χ3v) is 1.73. The highest BCUT2D eigenvalue weighted by Crippen LogP contribution is 2.12. The molecule has 2 nitrogen and oxygen atoms in total. The summed E-state index contributed by atoms with van der Waals surface area (Å²) in [6.45, 7) is 3.70. The van der Waals surface area contributed by atoms with Gasteiger partial charge in [-0.05, 0) is 38.7 Å². The maximum absolute atomic E-state index is 5.35. The molecule has 1 aromatic carbocycles. The van der Waals surface area contributed by atoms with Gasteiger partial charge in [0, 0.05) is 6.54 Å². The molecule has 0 spiro atoms. The molecule has 1 rings (SSSR count). The smallest absolute Gasteiger partial charge is 0.119 e. The normalized spacial score (nSPS) is 10.5. The van der Waals surface area contributed by atoms with Crippen molar-refractivity contribution < 1.29 is 4.74 Å². The van der Waals surface area contributed by atoms with Gasteiger partial charge in [0.25, 0.3) is 0 Å². The van der Waals surface area contributed by atoms with Crippen LogP contribution in [0.2, 0.25) is 0 Å². The minimum Gasteiger partial charge on any atom is -0.494 e. The van der Waals surface area contributed by atoms with Crippen molar-refractivity contribution in [1.29, 1.82) is 0 Å². The molecule has 0 amide bonds. The predicted molar refractivity (Wildman–Crippen MR) is 55.0 cm³/mol. The van der Waals surface area contributed by atoms with Gasteiger partial charge in [-0.25, -0.2) is 0 Å². The van der Waals surface area contributed by atoms with Crippen molar-refractivity contribution in [2.75, 3.05) is 20.7 Å². The highest BCUT2D eigenvalue weighted by atomic mass is 16.5. The monoisotopic (exact) mass is 179 g/mol. The van der Waals surface area contributed by atoms with Gasteiger partial charge in [0.2, 0.25) is 0 Å². The summed E-state index contributed by atoms with van der Waals surface area (Å²) in [5.41, 5.74) is 1.31. The summed E-state index contributed by atoms with van der Waals surface area (Å²) in [5.74, 6) is 0.949. The van der Waals surface area contributed by atoms with E-state index in [4.69, 9.17) is 4.74 Å². The van der Waals surface area contributed by atoms with Crippen LogP contribution in [0.25, 0.3) is 0 Å². The Kier molecular flexibility index (Phi) is 3.77. The summed E-state index contributed by atoms with van der Waals surface area (Å²) in [7, 11) is 4.13. The maximum atomic E-state index is 5.35. The van der Waals surface area contributed by atoms with E-state index in [0.717, 1.165) is 18.9 Å². The van der Waals surface area contributed by atoms with Gasteiger partial charge in [-0.15, -0.1) is 0 Å². The van der Waals surface area contributed by atoms with E-state index in [-0.39, 0.29) is 0 Å². The lowest BCUT2D eigenvalue weighted by molar-refractivity contribution is 0.339. The van der Waals surface area contributed by atoms with Crippen molar-refractivity contribution >= 4 is 0 Å². The first-order valence-corrected chi connectivity index (χ1v) is 4.59. The summed E-state index contributed by atoms with van der Waals surface area (Å²) in [5, 5.41) is 0. The maximum Gasteiger partial charge on any atom is 0.119 e. The lowest BCUT2D eigenvalue weighted by Gasteiger charge is -2.10. The van der Waals surface area contributed by atoms with Crippen LogP contribution in [0.1, 0.15) is 12.5 Å². The fraction of sp³-hybridized carbons (Fsp3) is 0.455. The zero-order valence-corrected chi connectivity index (χ0v) is 8.58. The average Bonchev–Trinajstić information content (AvgIpc) is 2.08. The predicted octanol–water partition coefficient (Wildman–Crippen LogP) is 2.15. The number of hydrogen-bond donors (Lipinski definition) is 0. The highest BCUT2D eigenvalue weighted by molar-refractivity contribution is 5.27. The van der Waals surface area contributed by atoms with Crippen LogP contribution in [-0.4, -0.2) is 25.6 Å². The minimum atomic E-state index is 0.729. The first-order valence-electron chi connectivity index (χ1n) is 4.59. The summed E-state index contributed by atoms with van der Waals surface area (Å²) in [6.07, 6.45) is 0. The quantitative estimate of drug-likeness (QED) is 0.702. The number of hydrogen-bond acceptors (Lipinski definition) is 2. The van der Waals surface area contributed by atoms with Crippen molar-refractivity contribution in [1.82, 2.24) is 4.90 Å². The van der Waals surface area contributed by atoms with E-state index in [1.54, 1.807) is 0 Å². The van der Waals surface area contributed by atoms with Gasteiger partial charge in [0.1, 0.15) is 5.75 Å². The van der Waals surface area contributed by atoms with Gasteiger partial charge in [0.05, 0.1) is 6.61 Å². The Hall–Kier alpha value is -1.02. The van der Waals surface area contributed by atoms with E-state index >= 15 is 0 Å². The standard InChI is InChI=1S/C11H17NO/c1-4-13-11-7-5-10(6-8-11)9-12(2)3/h5-8H,4,9H2,1-3H3. The van der Waals surface area contributed by atoms with Gasteiger partial charge < -0.3 is 9.64 Å². The summed E-state index contributed by atoms with van der Waals surface area (Å²) < 4.78 is 5.35. The molecule has 0 aliphatic heterocycles. The fourth-order valence-electron chi connectivity index (χ4n) is 1.22. The number of benzene rings is 1. The van der Waals surface area contributed by atoms with Crippen LogP contribution >= 0.6 is 0 Å². The van der Waals surface area contributed by atoms with E-state index in [9.17, 15) is 0 Å². The molecule has 0 saturated carbocycles.